The second kappa shape index (κ2) is 6.80. The summed E-state index contributed by atoms with van der Waals surface area (Å²) in [7, 11) is 0. The summed E-state index contributed by atoms with van der Waals surface area (Å²) in [6.07, 6.45) is 9.19. The van der Waals surface area contributed by atoms with Gasteiger partial charge in [0, 0.05) is 17.3 Å². The van der Waals surface area contributed by atoms with Crippen molar-refractivity contribution in [3.63, 3.8) is 0 Å². The lowest BCUT2D eigenvalue weighted by Gasteiger charge is -2.35. The minimum absolute atomic E-state index is 0.674. The van der Waals surface area contributed by atoms with Crippen LogP contribution in [0.15, 0.2) is 0 Å². The minimum Gasteiger partial charge on any atom is -0.310 e. The van der Waals surface area contributed by atoms with Crippen molar-refractivity contribution in [2.24, 2.45) is 5.92 Å². The van der Waals surface area contributed by atoms with Gasteiger partial charge in [0.2, 0.25) is 0 Å². The van der Waals surface area contributed by atoms with Gasteiger partial charge in [0.05, 0.1) is 0 Å². The van der Waals surface area contributed by atoms with E-state index in [1.165, 1.54) is 32.1 Å². The van der Waals surface area contributed by atoms with E-state index in [2.05, 4.69) is 44.1 Å². The zero-order valence-corrected chi connectivity index (χ0v) is 11.6. The molecule has 1 aliphatic rings. The molecule has 0 aromatic rings. The van der Waals surface area contributed by atoms with E-state index in [1.807, 2.05) is 0 Å². The van der Waals surface area contributed by atoms with Gasteiger partial charge in [0.25, 0.3) is 0 Å². The van der Waals surface area contributed by atoms with E-state index in [-0.39, 0.29) is 0 Å². The van der Waals surface area contributed by atoms with E-state index in [0.717, 1.165) is 17.2 Å². The van der Waals surface area contributed by atoms with Crippen molar-refractivity contribution in [1.29, 1.82) is 0 Å². The van der Waals surface area contributed by atoms with E-state index < -0.39 is 0 Å². The average molecular weight is 229 g/mol. The van der Waals surface area contributed by atoms with Crippen molar-refractivity contribution in [1.82, 2.24) is 5.32 Å². The van der Waals surface area contributed by atoms with Crippen molar-refractivity contribution in [3.05, 3.63) is 0 Å². The molecule has 0 bridgehead atoms. The first-order chi connectivity index (χ1) is 7.19. The summed E-state index contributed by atoms with van der Waals surface area (Å²) in [4.78, 5) is 0. The fourth-order valence-electron chi connectivity index (χ4n) is 2.43. The van der Waals surface area contributed by atoms with Gasteiger partial charge < -0.3 is 5.32 Å². The van der Waals surface area contributed by atoms with Crippen LogP contribution in [-0.4, -0.2) is 23.6 Å². The van der Waals surface area contributed by atoms with Crippen molar-refractivity contribution >= 4 is 11.8 Å². The molecular formula is C13H27NS. The lowest BCUT2D eigenvalue weighted by Crippen LogP contribution is -2.46. The van der Waals surface area contributed by atoms with Gasteiger partial charge in [-0.15, -0.1) is 0 Å². The lowest BCUT2D eigenvalue weighted by molar-refractivity contribution is 0.303. The summed E-state index contributed by atoms with van der Waals surface area (Å²) in [6.45, 7) is 6.99. The van der Waals surface area contributed by atoms with Crippen molar-refractivity contribution < 1.29 is 0 Å². The smallest absolute Gasteiger partial charge is 0.0198 e. The molecule has 0 radical (unpaired) electrons. The molecule has 1 N–H and O–H groups in total. The molecule has 1 aliphatic carbocycles. The van der Waals surface area contributed by atoms with Gasteiger partial charge in [-0.1, -0.05) is 33.1 Å². The van der Waals surface area contributed by atoms with Crippen LogP contribution >= 0.6 is 11.8 Å². The molecule has 4 unspecified atom stereocenters. The third kappa shape index (κ3) is 3.99. The normalized spacial score (nSPS) is 31.2. The highest BCUT2D eigenvalue weighted by atomic mass is 32.2. The maximum absolute atomic E-state index is 3.85. The average Bonchev–Trinajstić information content (AvgIpc) is 2.28. The molecule has 0 amide bonds. The Bertz CT molecular complexity index is 172. The Kier molecular flexibility index (Phi) is 6.06. The van der Waals surface area contributed by atoms with Crippen LogP contribution in [0.25, 0.3) is 0 Å². The van der Waals surface area contributed by atoms with E-state index in [9.17, 15) is 0 Å². The molecule has 2 heteroatoms. The first-order valence-corrected chi connectivity index (χ1v) is 7.76. The van der Waals surface area contributed by atoms with E-state index in [0.29, 0.717) is 6.04 Å². The number of rotatable bonds is 5. The van der Waals surface area contributed by atoms with Crippen LogP contribution in [-0.2, 0) is 0 Å². The molecule has 1 fully saturated rings. The Labute approximate surface area is 99.8 Å². The molecule has 1 rings (SSSR count). The molecule has 0 aromatic carbocycles. The summed E-state index contributed by atoms with van der Waals surface area (Å²) < 4.78 is 0. The lowest BCUT2D eigenvalue weighted by atomic mass is 9.92. The van der Waals surface area contributed by atoms with Gasteiger partial charge in [0.15, 0.2) is 0 Å². The second-order valence-corrected chi connectivity index (χ2v) is 6.08. The summed E-state index contributed by atoms with van der Waals surface area (Å²) >= 11 is 2.05. The summed E-state index contributed by atoms with van der Waals surface area (Å²) in [5.41, 5.74) is 0. The van der Waals surface area contributed by atoms with Crippen LogP contribution in [0.4, 0.5) is 0 Å². The summed E-state index contributed by atoms with van der Waals surface area (Å²) in [6, 6.07) is 1.44. The van der Waals surface area contributed by atoms with Crippen LogP contribution < -0.4 is 5.32 Å². The van der Waals surface area contributed by atoms with Crippen LogP contribution in [0.2, 0.25) is 0 Å². The Balaban J connectivity index is 2.40. The molecule has 0 heterocycles. The van der Waals surface area contributed by atoms with Gasteiger partial charge >= 0.3 is 0 Å². The van der Waals surface area contributed by atoms with Crippen molar-refractivity contribution in [2.75, 3.05) is 6.26 Å². The third-order valence-electron chi connectivity index (χ3n) is 3.98. The number of hydrogen-bond donors (Lipinski definition) is 1. The Hall–Kier alpha value is 0.310. The Morgan fingerprint density at radius 3 is 2.53 bits per heavy atom. The Morgan fingerprint density at radius 1 is 1.27 bits per heavy atom. The highest BCUT2D eigenvalue weighted by molar-refractivity contribution is 7.99. The molecule has 1 saturated carbocycles. The molecule has 0 spiro atoms. The topological polar surface area (TPSA) is 12.0 Å². The van der Waals surface area contributed by atoms with Gasteiger partial charge in [-0.25, -0.2) is 0 Å². The van der Waals surface area contributed by atoms with E-state index >= 15 is 0 Å². The summed E-state index contributed by atoms with van der Waals surface area (Å²) in [5.74, 6) is 0.800. The summed E-state index contributed by atoms with van der Waals surface area (Å²) in [5, 5.41) is 4.70. The minimum atomic E-state index is 0.674. The fraction of sp³-hybridized carbons (Fsp3) is 1.00. The molecular weight excluding hydrogens is 202 g/mol. The molecule has 0 saturated heterocycles. The van der Waals surface area contributed by atoms with Crippen molar-refractivity contribution in [2.45, 2.75) is 70.2 Å². The third-order valence-corrected chi connectivity index (χ3v) is 5.15. The Morgan fingerprint density at radius 2 is 1.93 bits per heavy atom. The van der Waals surface area contributed by atoms with Crippen molar-refractivity contribution in [3.8, 4) is 0 Å². The highest BCUT2D eigenvalue weighted by Crippen LogP contribution is 2.28. The predicted molar refractivity (Wildman–Crippen MR) is 71.6 cm³/mol. The van der Waals surface area contributed by atoms with Gasteiger partial charge in [-0.2, -0.15) is 11.8 Å². The second-order valence-electron chi connectivity index (χ2n) is 5.01. The molecule has 90 valence electrons. The van der Waals surface area contributed by atoms with Gasteiger partial charge in [-0.3, -0.25) is 0 Å². The predicted octanol–water partition coefficient (Wildman–Crippen LogP) is 3.68. The van der Waals surface area contributed by atoms with Crippen LogP contribution in [0.1, 0.15) is 52.9 Å². The first kappa shape index (κ1) is 13.4. The maximum Gasteiger partial charge on any atom is 0.0198 e. The number of hydrogen-bond acceptors (Lipinski definition) is 2. The van der Waals surface area contributed by atoms with Crippen LogP contribution in [0, 0.1) is 5.92 Å². The monoisotopic (exact) mass is 229 g/mol. The number of thioether (sulfide) groups is 1. The van der Waals surface area contributed by atoms with Gasteiger partial charge in [-0.05, 0) is 31.9 Å². The highest BCUT2D eigenvalue weighted by Gasteiger charge is 2.26. The zero-order valence-electron chi connectivity index (χ0n) is 10.8. The maximum atomic E-state index is 3.85. The SMILES string of the molecule is CCC(C)C(C)NC1CCCCC1SC. The quantitative estimate of drug-likeness (QED) is 0.772. The van der Waals surface area contributed by atoms with Crippen LogP contribution in [0.5, 0.6) is 0 Å². The fourth-order valence-corrected chi connectivity index (χ4v) is 3.37. The standard InChI is InChI=1S/C13H27NS/c1-5-10(2)11(3)14-12-8-6-7-9-13(12)15-4/h10-14H,5-9H2,1-4H3. The molecule has 4 atom stereocenters. The zero-order chi connectivity index (χ0) is 11.3. The molecule has 1 nitrogen and oxygen atoms in total. The van der Waals surface area contributed by atoms with E-state index in [1.54, 1.807) is 0 Å². The van der Waals surface area contributed by atoms with Crippen LogP contribution in [0.3, 0.4) is 0 Å². The molecule has 0 aromatic heterocycles. The number of nitrogens with one attached hydrogen (secondary N) is 1. The molecule has 15 heavy (non-hydrogen) atoms. The van der Waals surface area contributed by atoms with E-state index in [4.69, 9.17) is 0 Å². The first-order valence-electron chi connectivity index (χ1n) is 6.47. The van der Waals surface area contributed by atoms with Gasteiger partial charge in [0.1, 0.15) is 0 Å². The molecule has 0 aliphatic heterocycles. The largest absolute Gasteiger partial charge is 0.310 e.